The zero-order valence-electron chi connectivity index (χ0n) is 10.5. The number of nitrogens with zero attached hydrogens (tertiary/aromatic N) is 3. The number of piperidine rings is 1. The number of ether oxygens (including phenoxy) is 1. The summed E-state index contributed by atoms with van der Waals surface area (Å²) in [5, 5.41) is 0. The van der Waals surface area contributed by atoms with Crippen molar-refractivity contribution < 1.29 is 9.53 Å². The van der Waals surface area contributed by atoms with Crippen LogP contribution in [-0.2, 0) is 4.79 Å². The Balaban J connectivity index is 1.93. The predicted octanol–water partition coefficient (Wildman–Crippen LogP) is 1.42. The maximum atomic E-state index is 11.7. The van der Waals surface area contributed by atoms with E-state index >= 15 is 0 Å². The van der Waals surface area contributed by atoms with E-state index in [-0.39, 0.29) is 12.0 Å². The van der Waals surface area contributed by atoms with Crippen LogP contribution in [0, 0.1) is 0 Å². The number of likely N-dealkylation sites (tertiary alicyclic amines) is 1. The lowest BCUT2D eigenvalue weighted by molar-refractivity contribution is -0.128. The Kier molecular flexibility index (Phi) is 4.28. The summed E-state index contributed by atoms with van der Waals surface area (Å²) in [6.07, 6.45) is 8.49. The minimum atomic E-state index is -0.0182. The molecule has 1 fully saturated rings. The molecular weight excluding hydrogens is 230 g/mol. The molecule has 1 saturated heterocycles. The van der Waals surface area contributed by atoms with E-state index in [0.717, 1.165) is 19.4 Å². The van der Waals surface area contributed by atoms with Gasteiger partial charge in [0, 0.05) is 18.9 Å². The van der Waals surface area contributed by atoms with Crippen molar-refractivity contribution in [2.24, 2.45) is 0 Å². The van der Waals surface area contributed by atoms with Crippen molar-refractivity contribution in [3.05, 3.63) is 30.6 Å². The summed E-state index contributed by atoms with van der Waals surface area (Å²) in [7, 11) is 0. The Bertz CT molecular complexity index is 420. The molecule has 5 nitrogen and oxygen atoms in total. The molecule has 5 heteroatoms. The van der Waals surface area contributed by atoms with Gasteiger partial charge in [0.05, 0.1) is 6.54 Å². The van der Waals surface area contributed by atoms with Crippen molar-refractivity contribution in [3.8, 4) is 6.01 Å². The number of allylic oxidation sites excluding steroid dienone is 1. The second-order valence-electron chi connectivity index (χ2n) is 4.20. The average molecular weight is 247 g/mol. The monoisotopic (exact) mass is 247 g/mol. The van der Waals surface area contributed by atoms with Gasteiger partial charge in [-0.1, -0.05) is 6.08 Å². The van der Waals surface area contributed by atoms with E-state index in [9.17, 15) is 4.79 Å². The SMILES string of the molecule is C/C=C/C(=O)N1CCC[C@H](Oc2ncccn2)C1. The number of carbonyl (C=O) groups excluding carboxylic acids is 1. The molecule has 0 unspecified atom stereocenters. The van der Waals surface area contributed by atoms with Crippen LogP contribution in [0.5, 0.6) is 6.01 Å². The van der Waals surface area contributed by atoms with Crippen LogP contribution in [0.15, 0.2) is 30.6 Å². The molecule has 2 heterocycles. The van der Waals surface area contributed by atoms with Crippen molar-refractivity contribution in [2.45, 2.75) is 25.9 Å². The molecule has 0 saturated carbocycles. The first-order valence-electron chi connectivity index (χ1n) is 6.15. The lowest BCUT2D eigenvalue weighted by atomic mass is 10.1. The van der Waals surface area contributed by atoms with Gasteiger partial charge in [-0.3, -0.25) is 4.79 Å². The summed E-state index contributed by atoms with van der Waals surface area (Å²) in [4.78, 5) is 21.6. The summed E-state index contributed by atoms with van der Waals surface area (Å²) in [6, 6.07) is 2.12. The summed E-state index contributed by atoms with van der Waals surface area (Å²) in [6.45, 7) is 3.23. The van der Waals surface area contributed by atoms with E-state index in [4.69, 9.17) is 4.74 Å². The number of rotatable bonds is 3. The Morgan fingerprint density at radius 1 is 1.50 bits per heavy atom. The Morgan fingerprint density at radius 2 is 2.28 bits per heavy atom. The lowest BCUT2D eigenvalue weighted by Crippen LogP contribution is -2.43. The number of carbonyl (C=O) groups is 1. The van der Waals surface area contributed by atoms with Crippen LogP contribution in [-0.4, -0.2) is 40.0 Å². The van der Waals surface area contributed by atoms with Crippen molar-refractivity contribution in [1.29, 1.82) is 0 Å². The fourth-order valence-electron chi connectivity index (χ4n) is 1.98. The van der Waals surface area contributed by atoms with Crippen molar-refractivity contribution in [3.63, 3.8) is 0 Å². The molecule has 0 radical (unpaired) electrons. The van der Waals surface area contributed by atoms with E-state index in [0.29, 0.717) is 12.6 Å². The van der Waals surface area contributed by atoms with Gasteiger partial charge in [-0.15, -0.1) is 0 Å². The molecular formula is C13H17N3O2. The molecule has 18 heavy (non-hydrogen) atoms. The normalized spacial score (nSPS) is 20.1. The maximum Gasteiger partial charge on any atom is 0.316 e. The van der Waals surface area contributed by atoms with Gasteiger partial charge in [-0.25, -0.2) is 9.97 Å². The van der Waals surface area contributed by atoms with E-state index in [1.54, 1.807) is 35.5 Å². The van der Waals surface area contributed by atoms with Gasteiger partial charge in [-0.2, -0.15) is 0 Å². The van der Waals surface area contributed by atoms with Crippen molar-refractivity contribution >= 4 is 5.91 Å². The van der Waals surface area contributed by atoms with Gasteiger partial charge in [0.25, 0.3) is 0 Å². The van der Waals surface area contributed by atoms with Crippen LogP contribution in [0.4, 0.5) is 0 Å². The number of amides is 1. The molecule has 2 rings (SSSR count). The van der Waals surface area contributed by atoms with Gasteiger partial charge in [-0.05, 0) is 31.9 Å². The highest BCUT2D eigenvalue weighted by Gasteiger charge is 2.24. The van der Waals surface area contributed by atoms with Gasteiger partial charge < -0.3 is 9.64 Å². The highest BCUT2D eigenvalue weighted by Crippen LogP contribution is 2.15. The van der Waals surface area contributed by atoms with E-state index in [1.165, 1.54) is 0 Å². The van der Waals surface area contributed by atoms with Crippen molar-refractivity contribution in [2.75, 3.05) is 13.1 Å². The third kappa shape index (κ3) is 3.29. The summed E-state index contributed by atoms with van der Waals surface area (Å²) in [5.41, 5.74) is 0. The molecule has 1 aliphatic heterocycles. The van der Waals surface area contributed by atoms with Crippen LogP contribution in [0.2, 0.25) is 0 Å². The zero-order chi connectivity index (χ0) is 12.8. The van der Waals surface area contributed by atoms with Gasteiger partial charge in [0.1, 0.15) is 6.10 Å². The quantitative estimate of drug-likeness (QED) is 0.758. The highest BCUT2D eigenvalue weighted by molar-refractivity contribution is 5.87. The minimum Gasteiger partial charge on any atom is -0.458 e. The summed E-state index contributed by atoms with van der Waals surface area (Å²) < 4.78 is 5.67. The zero-order valence-corrected chi connectivity index (χ0v) is 10.5. The first-order valence-corrected chi connectivity index (χ1v) is 6.15. The second-order valence-corrected chi connectivity index (χ2v) is 4.20. The predicted molar refractivity (Wildman–Crippen MR) is 67.1 cm³/mol. The second kappa shape index (κ2) is 6.14. The first kappa shape index (κ1) is 12.5. The molecule has 0 N–H and O–H groups in total. The molecule has 0 aliphatic carbocycles. The topological polar surface area (TPSA) is 55.3 Å². The van der Waals surface area contributed by atoms with Crippen LogP contribution >= 0.6 is 0 Å². The molecule has 1 aromatic heterocycles. The minimum absolute atomic E-state index is 0.0182. The number of hydrogen-bond acceptors (Lipinski definition) is 4. The summed E-state index contributed by atoms with van der Waals surface area (Å²) in [5.74, 6) is 0.0415. The van der Waals surface area contributed by atoms with Gasteiger partial charge >= 0.3 is 6.01 Å². The molecule has 0 bridgehead atoms. The van der Waals surface area contributed by atoms with Gasteiger partial charge in [0.15, 0.2) is 0 Å². The fourth-order valence-corrected chi connectivity index (χ4v) is 1.98. The van der Waals surface area contributed by atoms with Crippen LogP contribution in [0.3, 0.4) is 0 Å². The number of aromatic nitrogens is 2. The molecule has 1 amide bonds. The van der Waals surface area contributed by atoms with E-state index in [2.05, 4.69) is 9.97 Å². The fraction of sp³-hybridized carbons (Fsp3) is 0.462. The van der Waals surface area contributed by atoms with Crippen LogP contribution < -0.4 is 4.74 Å². The van der Waals surface area contributed by atoms with Crippen LogP contribution in [0.25, 0.3) is 0 Å². The molecule has 0 aromatic carbocycles. The van der Waals surface area contributed by atoms with Gasteiger partial charge in [0.2, 0.25) is 5.91 Å². The Morgan fingerprint density at radius 3 is 3.00 bits per heavy atom. The molecule has 0 spiro atoms. The largest absolute Gasteiger partial charge is 0.458 e. The smallest absolute Gasteiger partial charge is 0.316 e. The summed E-state index contributed by atoms with van der Waals surface area (Å²) >= 11 is 0. The standard InChI is InChI=1S/C13H17N3O2/c1-2-5-12(17)16-9-3-6-11(10-16)18-13-14-7-4-8-15-13/h2,4-5,7-8,11H,3,6,9-10H2,1H3/b5-2+/t11-/m0/s1. The lowest BCUT2D eigenvalue weighted by Gasteiger charge is -2.31. The number of hydrogen-bond donors (Lipinski definition) is 0. The Hall–Kier alpha value is -1.91. The molecule has 1 aliphatic rings. The molecule has 1 aromatic rings. The first-order chi connectivity index (χ1) is 8.79. The Labute approximate surface area is 106 Å². The average Bonchev–Trinajstić information content (AvgIpc) is 2.40. The molecule has 1 atom stereocenters. The van der Waals surface area contributed by atoms with Crippen LogP contribution in [0.1, 0.15) is 19.8 Å². The third-order valence-corrected chi connectivity index (χ3v) is 2.81. The highest BCUT2D eigenvalue weighted by atomic mass is 16.5. The van der Waals surface area contributed by atoms with E-state index in [1.807, 2.05) is 6.92 Å². The van der Waals surface area contributed by atoms with E-state index < -0.39 is 0 Å². The van der Waals surface area contributed by atoms with Crippen molar-refractivity contribution in [1.82, 2.24) is 14.9 Å². The third-order valence-electron chi connectivity index (χ3n) is 2.81. The molecule has 96 valence electrons. The maximum absolute atomic E-state index is 11.7.